The zero-order valence-electron chi connectivity index (χ0n) is 30.1. The first-order chi connectivity index (χ1) is 22.1. The van der Waals surface area contributed by atoms with Crippen LogP contribution in [0.5, 0.6) is 5.75 Å². The maximum Gasteiger partial charge on any atom is 0.216 e. The van der Waals surface area contributed by atoms with Gasteiger partial charge in [0.05, 0.1) is 13.2 Å². The summed E-state index contributed by atoms with van der Waals surface area (Å²) in [5.74, 6) is 2.35. The summed E-state index contributed by atoms with van der Waals surface area (Å²) in [4.78, 5) is 7.48. The lowest BCUT2D eigenvalue weighted by Crippen LogP contribution is -2.35. The van der Waals surface area contributed by atoms with E-state index in [9.17, 15) is 0 Å². The van der Waals surface area contributed by atoms with Crippen molar-refractivity contribution < 1.29 is 14.2 Å². The molecule has 2 aliphatic rings. The van der Waals surface area contributed by atoms with Gasteiger partial charge in [0.15, 0.2) is 5.60 Å². The van der Waals surface area contributed by atoms with Crippen molar-refractivity contribution in [2.75, 3.05) is 26.2 Å². The van der Waals surface area contributed by atoms with Gasteiger partial charge < -0.3 is 14.2 Å². The van der Waals surface area contributed by atoms with Crippen molar-refractivity contribution in [3.8, 4) is 5.75 Å². The summed E-state index contributed by atoms with van der Waals surface area (Å²) in [6, 6.07) is 14.7. The van der Waals surface area contributed by atoms with Gasteiger partial charge in [-0.15, -0.1) is 0 Å². The van der Waals surface area contributed by atoms with Crippen LogP contribution < -0.4 is 4.74 Å². The van der Waals surface area contributed by atoms with Crippen LogP contribution >= 0.6 is 0 Å². The molecule has 2 aromatic rings. The lowest BCUT2D eigenvalue weighted by molar-refractivity contribution is -0.0128. The molecule has 252 valence electrons. The number of hydrogen-bond donors (Lipinski definition) is 0. The highest BCUT2D eigenvalue weighted by molar-refractivity contribution is 5.94. The first-order valence-corrected chi connectivity index (χ1v) is 17.6. The Hall–Kier alpha value is -3.31. The van der Waals surface area contributed by atoms with E-state index < -0.39 is 5.60 Å². The molecule has 0 saturated heterocycles. The van der Waals surface area contributed by atoms with E-state index in [0.29, 0.717) is 18.9 Å². The molecule has 0 radical (unpaired) electrons. The summed E-state index contributed by atoms with van der Waals surface area (Å²) in [6.07, 6.45) is 14.8. The SMILES string of the molecule is C=C(OC(C)(C)C)C(C)(C)Oc1ccc(CN(CCN=C(OCC)c2ccccc2)CC2=CC=CC2)c2c1CCCCCC2.CC. The van der Waals surface area contributed by atoms with E-state index in [2.05, 4.69) is 67.8 Å². The fourth-order valence-electron chi connectivity index (χ4n) is 5.91. The highest BCUT2D eigenvalue weighted by Crippen LogP contribution is 2.36. The van der Waals surface area contributed by atoms with Gasteiger partial charge in [0.25, 0.3) is 0 Å². The summed E-state index contributed by atoms with van der Waals surface area (Å²) in [7, 11) is 0. The Balaban J connectivity index is 0.00000282. The highest BCUT2D eigenvalue weighted by Gasteiger charge is 2.31. The predicted molar refractivity (Wildman–Crippen MR) is 195 cm³/mol. The molecule has 0 aliphatic heterocycles. The van der Waals surface area contributed by atoms with Crippen LogP contribution in [0.4, 0.5) is 0 Å². The zero-order chi connectivity index (χ0) is 33.6. The normalized spacial score (nSPS) is 15.2. The molecule has 2 aromatic carbocycles. The summed E-state index contributed by atoms with van der Waals surface area (Å²) in [6.45, 7) is 24.5. The average Bonchev–Trinajstić information content (AvgIpc) is 3.51. The largest absolute Gasteiger partial charge is 0.489 e. The number of aliphatic imine (C=N–C) groups is 1. The van der Waals surface area contributed by atoms with Crippen LogP contribution in [-0.2, 0) is 28.9 Å². The standard InChI is InChI=1S/C39H54N2O3.C2H6/c1-8-42-37(32-20-12-11-13-21-32)40-26-27-41(28-31-18-16-17-19-31)29-33-24-25-36(35-23-15-10-9-14-22-34(33)35)44-39(6,7)30(2)43-38(3,4)5;1-2/h11-13,16-18,20-21,24-25H,2,8-10,14-15,19,22-23,26-29H2,1,3-7H3;1-2H3. The topological polar surface area (TPSA) is 43.3 Å². The number of ether oxygens (including phenoxy) is 3. The van der Waals surface area contributed by atoms with Gasteiger partial charge in [-0.05, 0) is 109 Å². The minimum Gasteiger partial charge on any atom is -0.489 e. The van der Waals surface area contributed by atoms with Crippen molar-refractivity contribution in [1.29, 1.82) is 0 Å². The molecule has 0 bridgehead atoms. The Morgan fingerprint density at radius 1 is 0.891 bits per heavy atom. The molecule has 0 saturated carbocycles. The molecule has 0 amide bonds. The number of rotatable bonds is 13. The smallest absolute Gasteiger partial charge is 0.216 e. The second kappa shape index (κ2) is 18.1. The fraction of sp³-hybridized carbons (Fsp3) is 0.537. The van der Waals surface area contributed by atoms with Crippen molar-refractivity contribution in [3.63, 3.8) is 0 Å². The van der Waals surface area contributed by atoms with Crippen molar-refractivity contribution in [2.24, 2.45) is 4.99 Å². The van der Waals surface area contributed by atoms with Crippen LogP contribution in [0.15, 0.2) is 83.6 Å². The van der Waals surface area contributed by atoms with E-state index in [1.807, 2.05) is 59.7 Å². The Morgan fingerprint density at radius 2 is 1.59 bits per heavy atom. The van der Waals surface area contributed by atoms with Gasteiger partial charge in [-0.25, -0.2) is 4.99 Å². The van der Waals surface area contributed by atoms with Crippen LogP contribution in [0.1, 0.15) is 110 Å². The molecule has 0 aromatic heterocycles. The van der Waals surface area contributed by atoms with E-state index in [-0.39, 0.29) is 5.60 Å². The van der Waals surface area contributed by atoms with Gasteiger partial charge in [0.1, 0.15) is 17.1 Å². The molecule has 0 spiro atoms. The first kappa shape index (κ1) is 37.2. The molecule has 0 fully saturated rings. The number of benzene rings is 2. The van der Waals surface area contributed by atoms with E-state index in [1.54, 1.807) is 0 Å². The molecule has 4 rings (SSSR count). The Morgan fingerprint density at radius 3 is 2.22 bits per heavy atom. The van der Waals surface area contributed by atoms with Crippen LogP contribution in [0, 0.1) is 0 Å². The third-order valence-corrected chi connectivity index (χ3v) is 8.20. The maximum atomic E-state index is 6.74. The predicted octanol–water partition coefficient (Wildman–Crippen LogP) is 10.0. The van der Waals surface area contributed by atoms with Gasteiger partial charge in [0, 0.05) is 25.2 Å². The molecule has 5 nitrogen and oxygen atoms in total. The summed E-state index contributed by atoms with van der Waals surface area (Å²) in [5.41, 5.74) is 5.74. The minimum absolute atomic E-state index is 0.321. The number of allylic oxidation sites excluding steroid dienone is 3. The first-order valence-electron chi connectivity index (χ1n) is 17.6. The number of hydrogen-bond acceptors (Lipinski definition) is 5. The molecular weight excluding hydrogens is 568 g/mol. The summed E-state index contributed by atoms with van der Waals surface area (Å²) in [5, 5.41) is 0. The summed E-state index contributed by atoms with van der Waals surface area (Å²) >= 11 is 0. The Labute approximate surface area is 280 Å². The van der Waals surface area contributed by atoms with Gasteiger partial charge in [-0.3, -0.25) is 4.90 Å². The second-order valence-corrected chi connectivity index (χ2v) is 13.5. The third-order valence-electron chi connectivity index (χ3n) is 8.20. The molecule has 0 N–H and O–H groups in total. The minimum atomic E-state index is -0.645. The molecule has 0 heterocycles. The van der Waals surface area contributed by atoms with E-state index >= 15 is 0 Å². The van der Waals surface area contributed by atoms with Crippen molar-refractivity contribution >= 4 is 5.90 Å². The molecule has 46 heavy (non-hydrogen) atoms. The number of fused-ring (bicyclic) bond motifs is 1. The third kappa shape index (κ3) is 11.5. The number of nitrogens with zero attached hydrogens (tertiary/aromatic N) is 2. The molecule has 2 aliphatic carbocycles. The Kier molecular flexibility index (Phi) is 14.6. The molecular formula is C41H60N2O3. The highest BCUT2D eigenvalue weighted by atomic mass is 16.6. The summed E-state index contributed by atoms with van der Waals surface area (Å²) < 4.78 is 18.8. The van der Waals surface area contributed by atoms with Gasteiger partial charge in [-0.1, -0.05) is 81.3 Å². The quantitative estimate of drug-likeness (QED) is 0.126. The second-order valence-electron chi connectivity index (χ2n) is 13.5. The van der Waals surface area contributed by atoms with E-state index in [4.69, 9.17) is 19.2 Å². The van der Waals surface area contributed by atoms with Crippen molar-refractivity contribution in [3.05, 3.63) is 101 Å². The van der Waals surface area contributed by atoms with E-state index in [0.717, 1.165) is 56.1 Å². The van der Waals surface area contributed by atoms with Gasteiger partial charge in [0.2, 0.25) is 5.90 Å². The van der Waals surface area contributed by atoms with Crippen LogP contribution in [0.2, 0.25) is 0 Å². The average molecular weight is 629 g/mol. The van der Waals surface area contributed by atoms with Gasteiger partial charge >= 0.3 is 0 Å². The zero-order valence-corrected chi connectivity index (χ0v) is 30.1. The molecule has 0 atom stereocenters. The monoisotopic (exact) mass is 628 g/mol. The van der Waals surface area contributed by atoms with Crippen molar-refractivity contribution in [2.45, 2.75) is 118 Å². The van der Waals surface area contributed by atoms with Crippen molar-refractivity contribution in [1.82, 2.24) is 4.90 Å². The van der Waals surface area contributed by atoms with Crippen LogP contribution in [0.25, 0.3) is 0 Å². The van der Waals surface area contributed by atoms with Gasteiger partial charge in [-0.2, -0.15) is 0 Å². The van der Waals surface area contributed by atoms with E-state index in [1.165, 1.54) is 47.9 Å². The van der Waals surface area contributed by atoms with Crippen LogP contribution in [-0.4, -0.2) is 48.2 Å². The Bertz CT molecular complexity index is 1330. The fourth-order valence-corrected chi connectivity index (χ4v) is 5.91. The lowest BCUT2D eigenvalue weighted by Gasteiger charge is -2.34. The molecule has 0 unspecified atom stereocenters. The maximum absolute atomic E-state index is 6.74. The van der Waals surface area contributed by atoms with Crippen LogP contribution in [0.3, 0.4) is 0 Å². The molecule has 5 heteroatoms. The lowest BCUT2D eigenvalue weighted by atomic mass is 9.88.